The second-order valence-corrected chi connectivity index (χ2v) is 5.67. The predicted octanol–water partition coefficient (Wildman–Crippen LogP) is 2.52. The van der Waals surface area contributed by atoms with Gasteiger partial charge in [-0.15, -0.1) is 0 Å². The molecule has 1 N–H and O–H groups in total. The van der Waals surface area contributed by atoms with Gasteiger partial charge in [0.15, 0.2) is 0 Å². The molecule has 5 heteroatoms. The number of hydrogen-bond donors (Lipinski definition) is 1. The number of anilines is 1. The monoisotopic (exact) mass is 290 g/mol. The van der Waals surface area contributed by atoms with Crippen LogP contribution >= 0.6 is 0 Å². The lowest BCUT2D eigenvalue weighted by molar-refractivity contribution is -0.112. The standard InChI is InChI=1S/C16H26N4O/c1-4-19(5-2)8-9-20-12-15(11-17-20)18-16(21)10-13(3)14-6-7-14/h10-12,14H,4-9H2,1-3H3,(H,18,21)/b13-10+. The normalized spacial score (nSPS) is 15.5. The smallest absolute Gasteiger partial charge is 0.248 e. The number of aromatic nitrogens is 2. The highest BCUT2D eigenvalue weighted by Crippen LogP contribution is 2.35. The molecule has 2 rings (SSSR count). The van der Waals surface area contributed by atoms with Gasteiger partial charge < -0.3 is 10.2 Å². The number of nitrogens with one attached hydrogen (secondary N) is 1. The van der Waals surface area contributed by atoms with E-state index in [2.05, 4.69) is 29.2 Å². The quantitative estimate of drug-likeness (QED) is 0.748. The Morgan fingerprint density at radius 3 is 2.81 bits per heavy atom. The highest BCUT2D eigenvalue weighted by Gasteiger charge is 2.23. The summed E-state index contributed by atoms with van der Waals surface area (Å²) in [6.07, 6.45) is 7.75. The molecular formula is C16H26N4O. The molecule has 1 aromatic rings. The summed E-state index contributed by atoms with van der Waals surface area (Å²) in [5.74, 6) is 0.579. The van der Waals surface area contributed by atoms with E-state index in [1.165, 1.54) is 18.4 Å². The zero-order valence-corrected chi connectivity index (χ0v) is 13.3. The first-order valence-electron chi connectivity index (χ1n) is 7.86. The summed E-state index contributed by atoms with van der Waals surface area (Å²) < 4.78 is 1.88. The minimum Gasteiger partial charge on any atom is -0.320 e. The van der Waals surface area contributed by atoms with Crippen LogP contribution in [0.15, 0.2) is 24.0 Å². The number of allylic oxidation sites excluding steroid dienone is 1. The Morgan fingerprint density at radius 2 is 2.19 bits per heavy atom. The maximum atomic E-state index is 11.9. The Morgan fingerprint density at radius 1 is 1.48 bits per heavy atom. The first-order chi connectivity index (χ1) is 10.1. The molecule has 1 fully saturated rings. The summed E-state index contributed by atoms with van der Waals surface area (Å²) in [6.45, 7) is 10.3. The van der Waals surface area contributed by atoms with Gasteiger partial charge in [0.2, 0.25) is 5.91 Å². The first kappa shape index (κ1) is 15.8. The van der Waals surface area contributed by atoms with Gasteiger partial charge >= 0.3 is 0 Å². The zero-order valence-electron chi connectivity index (χ0n) is 13.3. The lowest BCUT2D eigenvalue weighted by Crippen LogP contribution is -2.27. The van der Waals surface area contributed by atoms with Gasteiger partial charge in [-0.3, -0.25) is 9.48 Å². The van der Waals surface area contributed by atoms with E-state index >= 15 is 0 Å². The Hall–Kier alpha value is -1.62. The van der Waals surface area contributed by atoms with Crippen molar-refractivity contribution >= 4 is 11.6 Å². The first-order valence-corrected chi connectivity index (χ1v) is 7.86. The van der Waals surface area contributed by atoms with Gasteiger partial charge in [0.1, 0.15) is 0 Å². The minimum atomic E-state index is -0.0531. The van der Waals surface area contributed by atoms with E-state index in [4.69, 9.17) is 0 Å². The van der Waals surface area contributed by atoms with E-state index in [0.717, 1.165) is 31.9 Å². The molecule has 1 aromatic heterocycles. The largest absolute Gasteiger partial charge is 0.320 e. The molecule has 1 aliphatic carbocycles. The van der Waals surface area contributed by atoms with E-state index in [0.29, 0.717) is 5.92 Å². The Labute approximate surface area is 127 Å². The van der Waals surface area contributed by atoms with Gasteiger partial charge in [-0.1, -0.05) is 19.4 Å². The highest BCUT2D eigenvalue weighted by atomic mass is 16.1. The Kier molecular flexibility index (Phi) is 5.56. The lowest BCUT2D eigenvalue weighted by Gasteiger charge is -2.17. The number of likely N-dealkylation sites (N-methyl/N-ethyl adjacent to an activating group) is 1. The number of rotatable bonds is 8. The summed E-state index contributed by atoms with van der Waals surface area (Å²) >= 11 is 0. The predicted molar refractivity (Wildman–Crippen MR) is 85.1 cm³/mol. The van der Waals surface area contributed by atoms with Crippen molar-refractivity contribution in [2.75, 3.05) is 25.0 Å². The van der Waals surface area contributed by atoms with Crippen LogP contribution < -0.4 is 5.32 Å². The molecule has 1 aliphatic rings. The molecule has 21 heavy (non-hydrogen) atoms. The van der Waals surface area contributed by atoms with Gasteiger partial charge in [0, 0.05) is 18.8 Å². The van der Waals surface area contributed by atoms with E-state index in [-0.39, 0.29) is 5.91 Å². The fourth-order valence-corrected chi connectivity index (χ4v) is 2.38. The summed E-state index contributed by atoms with van der Waals surface area (Å²) in [5, 5.41) is 7.17. The maximum absolute atomic E-state index is 11.9. The summed E-state index contributed by atoms with van der Waals surface area (Å²) in [7, 11) is 0. The topological polar surface area (TPSA) is 50.2 Å². The van der Waals surface area contributed by atoms with Crippen molar-refractivity contribution in [2.24, 2.45) is 5.92 Å². The lowest BCUT2D eigenvalue weighted by atomic mass is 10.2. The zero-order chi connectivity index (χ0) is 15.2. The second kappa shape index (κ2) is 7.41. The molecule has 116 valence electrons. The van der Waals surface area contributed by atoms with Crippen molar-refractivity contribution in [1.29, 1.82) is 0 Å². The van der Waals surface area contributed by atoms with Crippen molar-refractivity contribution in [2.45, 2.75) is 40.2 Å². The molecule has 0 radical (unpaired) electrons. The summed E-state index contributed by atoms with van der Waals surface area (Å²) in [4.78, 5) is 14.2. The number of hydrogen-bond acceptors (Lipinski definition) is 3. The van der Waals surface area contributed by atoms with Gasteiger partial charge in [0.25, 0.3) is 0 Å². The van der Waals surface area contributed by atoms with Gasteiger partial charge in [-0.2, -0.15) is 5.10 Å². The third-order valence-corrected chi connectivity index (χ3v) is 4.02. The van der Waals surface area contributed by atoms with Crippen LogP contribution in [0.25, 0.3) is 0 Å². The van der Waals surface area contributed by atoms with Crippen LogP contribution in [0.4, 0.5) is 5.69 Å². The number of nitrogens with zero attached hydrogens (tertiary/aromatic N) is 3. The highest BCUT2D eigenvalue weighted by molar-refractivity contribution is 5.99. The van der Waals surface area contributed by atoms with Crippen LogP contribution in [0.5, 0.6) is 0 Å². The molecular weight excluding hydrogens is 264 g/mol. The molecule has 1 saturated carbocycles. The molecule has 0 bridgehead atoms. The average molecular weight is 290 g/mol. The fraction of sp³-hybridized carbons (Fsp3) is 0.625. The van der Waals surface area contributed by atoms with E-state index in [1.807, 2.05) is 17.8 Å². The molecule has 0 unspecified atom stereocenters. The van der Waals surface area contributed by atoms with Crippen LogP contribution in [0, 0.1) is 5.92 Å². The van der Waals surface area contributed by atoms with E-state index in [9.17, 15) is 4.79 Å². The molecule has 1 heterocycles. The van der Waals surface area contributed by atoms with Crippen LogP contribution in [0.2, 0.25) is 0 Å². The number of carbonyl (C=O) groups excluding carboxylic acids is 1. The van der Waals surface area contributed by atoms with Gasteiger partial charge in [-0.25, -0.2) is 0 Å². The third kappa shape index (κ3) is 5.01. The van der Waals surface area contributed by atoms with Crippen molar-refractivity contribution in [3.05, 3.63) is 24.0 Å². The summed E-state index contributed by atoms with van der Waals surface area (Å²) in [5.41, 5.74) is 1.95. The molecule has 0 aromatic carbocycles. The van der Waals surface area contributed by atoms with Crippen molar-refractivity contribution in [3.8, 4) is 0 Å². The van der Waals surface area contributed by atoms with Gasteiger partial charge in [0.05, 0.1) is 18.4 Å². The molecule has 0 saturated heterocycles. The molecule has 0 atom stereocenters. The molecule has 0 aliphatic heterocycles. The van der Waals surface area contributed by atoms with Crippen LogP contribution in [0.1, 0.15) is 33.6 Å². The summed E-state index contributed by atoms with van der Waals surface area (Å²) in [6, 6.07) is 0. The van der Waals surface area contributed by atoms with Crippen LogP contribution in [0.3, 0.4) is 0 Å². The molecule has 0 spiro atoms. The third-order valence-electron chi connectivity index (χ3n) is 4.02. The molecule has 5 nitrogen and oxygen atoms in total. The number of amides is 1. The van der Waals surface area contributed by atoms with Crippen LogP contribution in [-0.2, 0) is 11.3 Å². The van der Waals surface area contributed by atoms with Gasteiger partial charge in [-0.05, 0) is 38.8 Å². The Balaban J connectivity index is 1.82. The number of carbonyl (C=O) groups is 1. The minimum absolute atomic E-state index is 0.0531. The van der Waals surface area contributed by atoms with E-state index in [1.54, 1.807) is 12.3 Å². The van der Waals surface area contributed by atoms with E-state index < -0.39 is 0 Å². The van der Waals surface area contributed by atoms with Crippen molar-refractivity contribution < 1.29 is 4.79 Å². The van der Waals surface area contributed by atoms with Crippen molar-refractivity contribution in [1.82, 2.24) is 14.7 Å². The molecule has 1 amide bonds. The average Bonchev–Trinajstić information content (AvgIpc) is 3.22. The second-order valence-electron chi connectivity index (χ2n) is 5.67. The van der Waals surface area contributed by atoms with Crippen LogP contribution in [-0.4, -0.2) is 40.2 Å². The van der Waals surface area contributed by atoms with Crippen molar-refractivity contribution in [3.63, 3.8) is 0 Å². The SMILES string of the molecule is CCN(CC)CCn1cc(NC(=O)/C=C(\C)C2CC2)cn1. The Bertz CT molecular complexity index is 498. The maximum Gasteiger partial charge on any atom is 0.248 e. The fourth-order valence-electron chi connectivity index (χ4n) is 2.38.